The Morgan fingerprint density at radius 3 is 2.38 bits per heavy atom. The van der Waals surface area contributed by atoms with E-state index in [2.05, 4.69) is 4.72 Å². The zero-order valence-electron chi connectivity index (χ0n) is 11.9. The number of nitrogens with zero attached hydrogens (tertiary/aromatic N) is 2. The van der Waals surface area contributed by atoms with Crippen LogP contribution in [0.25, 0.3) is 0 Å². The van der Waals surface area contributed by atoms with Crippen LogP contribution in [0, 0.1) is 21.4 Å². The van der Waals surface area contributed by atoms with Crippen molar-refractivity contribution in [1.29, 1.82) is 5.26 Å². The first-order valence-electron chi connectivity index (χ1n) is 6.44. The molecule has 0 atom stereocenters. The molecule has 0 unspecified atom stereocenters. The predicted octanol–water partition coefficient (Wildman–Crippen LogP) is 2.10. The summed E-state index contributed by atoms with van der Waals surface area (Å²) in [6, 6.07) is 7.62. The van der Waals surface area contributed by atoms with Crippen LogP contribution in [0.4, 0.5) is 5.69 Å². The third-order valence-electron chi connectivity index (χ3n) is 3.31. The largest absolute Gasteiger partial charge is 0.273 e. The number of rotatable bonds is 7. The number of nitriles is 1. The number of benzene rings is 1. The highest BCUT2D eigenvalue weighted by Gasteiger charge is 2.32. The Hall–Kier alpha value is -1.98. The molecule has 1 rings (SSSR count). The number of para-hydroxylation sites is 1. The van der Waals surface area contributed by atoms with E-state index in [0.717, 1.165) is 0 Å². The average Bonchev–Trinajstić information content (AvgIpc) is 2.45. The molecule has 7 nitrogen and oxygen atoms in total. The molecule has 1 N–H and O–H groups in total. The highest BCUT2D eigenvalue weighted by molar-refractivity contribution is 7.88. The van der Waals surface area contributed by atoms with Gasteiger partial charge in [0, 0.05) is 11.6 Å². The Kier molecular flexibility index (Phi) is 5.41. The van der Waals surface area contributed by atoms with E-state index in [1.54, 1.807) is 13.8 Å². The van der Waals surface area contributed by atoms with Crippen LogP contribution in [0.15, 0.2) is 24.3 Å². The quantitative estimate of drug-likeness (QED) is 0.612. The van der Waals surface area contributed by atoms with E-state index in [9.17, 15) is 18.5 Å². The lowest BCUT2D eigenvalue weighted by molar-refractivity contribution is -0.385. The molecule has 0 spiro atoms. The summed E-state index contributed by atoms with van der Waals surface area (Å²) in [5, 5.41) is 20.1. The molecular formula is C13H17N3O4S. The van der Waals surface area contributed by atoms with Gasteiger partial charge in [-0.2, -0.15) is 9.98 Å². The summed E-state index contributed by atoms with van der Waals surface area (Å²) in [5.74, 6) is -0.534. The van der Waals surface area contributed by atoms with Gasteiger partial charge in [-0.1, -0.05) is 32.0 Å². The Labute approximate surface area is 123 Å². The van der Waals surface area contributed by atoms with Crippen LogP contribution >= 0.6 is 0 Å². The number of hydrogen-bond acceptors (Lipinski definition) is 5. The molecule has 0 bridgehead atoms. The van der Waals surface area contributed by atoms with E-state index < -0.39 is 26.2 Å². The van der Waals surface area contributed by atoms with Gasteiger partial charge in [-0.05, 0) is 12.8 Å². The van der Waals surface area contributed by atoms with E-state index in [4.69, 9.17) is 5.26 Å². The van der Waals surface area contributed by atoms with Crippen LogP contribution in [0.5, 0.6) is 0 Å². The van der Waals surface area contributed by atoms with E-state index in [0.29, 0.717) is 12.8 Å². The topological polar surface area (TPSA) is 113 Å². The molecule has 0 fully saturated rings. The molecular weight excluding hydrogens is 294 g/mol. The summed E-state index contributed by atoms with van der Waals surface area (Å²) in [7, 11) is -3.86. The molecule has 0 amide bonds. The van der Waals surface area contributed by atoms with E-state index in [1.165, 1.54) is 24.3 Å². The Morgan fingerprint density at radius 2 is 1.90 bits per heavy atom. The van der Waals surface area contributed by atoms with Crippen molar-refractivity contribution in [2.75, 3.05) is 0 Å². The van der Waals surface area contributed by atoms with E-state index >= 15 is 0 Å². The third kappa shape index (κ3) is 4.24. The van der Waals surface area contributed by atoms with Gasteiger partial charge in [-0.3, -0.25) is 10.1 Å². The number of nitrogens with one attached hydrogen (secondary N) is 1. The maximum atomic E-state index is 12.2. The van der Waals surface area contributed by atoms with Gasteiger partial charge in [0.2, 0.25) is 10.0 Å². The number of hydrogen-bond donors (Lipinski definition) is 1. The van der Waals surface area contributed by atoms with Gasteiger partial charge >= 0.3 is 0 Å². The van der Waals surface area contributed by atoms with Crippen LogP contribution in [-0.4, -0.2) is 18.9 Å². The maximum absolute atomic E-state index is 12.2. The molecule has 114 valence electrons. The van der Waals surface area contributed by atoms with Crippen LogP contribution in [0.3, 0.4) is 0 Å². The average molecular weight is 311 g/mol. The second kappa shape index (κ2) is 6.65. The van der Waals surface area contributed by atoms with Gasteiger partial charge < -0.3 is 0 Å². The number of sulfonamides is 1. The molecule has 21 heavy (non-hydrogen) atoms. The molecule has 0 saturated heterocycles. The maximum Gasteiger partial charge on any atom is 0.273 e. The van der Waals surface area contributed by atoms with Gasteiger partial charge in [-0.15, -0.1) is 0 Å². The summed E-state index contributed by atoms with van der Waals surface area (Å²) in [6.07, 6.45) is 0.631. The minimum absolute atomic E-state index is 0.0917. The second-order valence-electron chi connectivity index (χ2n) is 4.65. The van der Waals surface area contributed by atoms with Crippen molar-refractivity contribution in [3.05, 3.63) is 39.9 Å². The summed E-state index contributed by atoms with van der Waals surface area (Å²) in [4.78, 5) is 10.3. The highest BCUT2D eigenvalue weighted by Crippen LogP contribution is 2.22. The summed E-state index contributed by atoms with van der Waals surface area (Å²) in [5.41, 5.74) is -1.34. The van der Waals surface area contributed by atoms with Crippen molar-refractivity contribution in [3.8, 4) is 6.07 Å². The first-order chi connectivity index (χ1) is 9.79. The fourth-order valence-corrected chi connectivity index (χ4v) is 3.58. The van der Waals surface area contributed by atoms with Crippen LogP contribution in [-0.2, 0) is 15.8 Å². The fourth-order valence-electron chi connectivity index (χ4n) is 1.92. The van der Waals surface area contributed by atoms with Gasteiger partial charge in [0.25, 0.3) is 5.69 Å². The van der Waals surface area contributed by atoms with Crippen molar-refractivity contribution >= 4 is 15.7 Å². The lowest BCUT2D eigenvalue weighted by Crippen LogP contribution is -2.46. The highest BCUT2D eigenvalue weighted by atomic mass is 32.2. The number of nitro benzene ring substituents is 1. The molecule has 0 aliphatic carbocycles. The fraction of sp³-hybridized carbons (Fsp3) is 0.462. The van der Waals surface area contributed by atoms with Gasteiger partial charge in [0.15, 0.2) is 0 Å². The molecule has 0 radical (unpaired) electrons. The lowest BCUT2D eigenvalue weighted by atomic mass is 9.97. The molecule has 0 saturated carbocycles. The van der Waals surface area contributed by atoms with Crippen LogP contribution in [0.2, 0.25) is 0 Å². The minimum atomic E-state index is -3.86. The SMILES string of the molecule is CCC(C#N)(CC)NS(=O)(=O)Cc1ccccc1[N+](=O)[O-]. The van der Waals surface area contributed by atoms with Crippen molar-refractivity contribution in [2.45, 2.75) is 38.0 Å². The smallest absolute Gasteiger partial charge is 0.258 e. The van der Waals surface area contributed by atoms with Crippen molar-refractivity contribution in [1.82, 2.24) is 4.72 Å². The van der Waals surface area contributed by atoms with E-state index in [1.807, 2.05) is 6.07 Å². The molecule has 0 heterocycles. The summed E-state index contributed by atoms with van der Waals surface area (Å²) >= 11 is 0. The molecule has 1 aromatic rings. The van der Waals surface area contributed by atoms with E-state index in [-0.39, 0.29) is 11.3 Å². The third-order valence-corrected chi connectivity index (χ3v) is 4.70. The molecule has 0 aromatic heterocycles. The first kappa shape index (κ1) is 17.1. The van der Waals surface area contributed by atoms with Gasteiger partial charge in [0.05, 0.1) is 16.7 Å². The van der Waals surface area contributed by atoms with Crippen LogP contribution < -0.4 is 4.72 Å². The molecule has 1 aromatic carbocycles. The minimum Gasteiger partial charge on any atom is -0.258 e. The predicted molar refractivity (Wildman–Crippen MR) is 77.8 cm³/mol. The Balaban J connectivity index is 3.08. The monoisotopic (exact) mass is 311 g/mol. The molecule has 8 heteroatoms. The van der Waals surface area contributed by atoms with Crippen molar-refractivity contribution in [3.63, 3.8) is 0 Å². The second-order valence-corrected chi connectivity index (χ2v) is 6.37. The Bertz CT molecular complexity index is 660. The number of nitro groups is 1. The van der Waals surface area contributed by atoms with Gasteiger partial charge in [-0.25, -0.2) is 8.42 Å². The zero-order chi connectivity index (χ0) is 16.1. The first-order valence-corrected chi connectivity index (χ1v) is 8.09. The van der Waals surface area contributed by atoms with Crippen molar-refractivity contribution in [2.24, 2.45) is 0 Å². The molecule has 0 aliphatic rings. The molecule has 0 aliphatic heterocycles. The van der Waals surface area contributed by atoms with Crippen molar-refractivity contribution < 1.29 is 13.3 Å². The van der Waals surface area contributed by atoms with Crippen LogP contribution in [0.1, 0.15) is 32.3 Å². The summed E-state index contributed by atoms with van der Waals surface area (Å²) in [6.45, 7) is 3.42. The normalized spacial score (nSPS) is 11.9. The standard InChI is InChI=1S/C13H17N3O4S/c1-3-13(4-2,10-14)15-21(19,20)9-11-7-5-6-8-12(11)16(17)18/h5-8,15H,3-4,9H2,1-2H3. The summed E-state index contributed by atoms with van der Waals surface area (Å²) < 4.78 is 26.7. The Morgan fingerprint density at radius 1 is 1.33 bits per heavy atom. The van der Waals surface area contributed by atoms with Gasteiger partial charge in [0.1, 0.15) is 5.54 Å². The zero-order valence-corrected chi connectivity index (χ0v) is 12.7. The lowest BCUT2D eigenvalue weighted by Gasteiger charge is -2.24.